The number of phenols is 1. The number of hydrogen-bond acceptors (Lipinski definition) is 6. The highest BCUT2D eigenvalue weighted by atomic mass is 16.5. The number of aromatic hydroxyl groups is 1. The van der Waals surface area contributed by atoms with E-state index in [1.165, 1.54) is 26.4 Å². The van der Waals surface area contributed by atoms with Crippen LogP contribution < -0.4 is 14.8 Å². The van der Waals surface area contributed by atoms with Crippen molar-refractivity contribution in [1.82, 2.24) is 0 Å². The normalized spacial score (nSPS) is 10.4. The van der Waals surface area contributed by atoms with Crippen molar-refractivity contribution in [3.05, 3.63) is 60.2 Å². The molecule has 0 spiro atoms. The van der Waals surface area contributed by atoms with Gasteiger partial charge in [-0.1, -0.05) is 24.3 Å². The molecule has 0 heterocycles. The van der Waals surface area contributed by atoms with Crippen molar-refractivity contribution in [1.29, 1.82) is 0 Å². The number of nitrogens with one attached hydrogen (secondary N) is 1. The first kappa shape index (κ1) is 19.0. The minimum absolute atomic E-state index is 0.00883. The maximum Gasteiger partial charge on any atom is 0.342 e. The van der Waals surface area contributed by atoms with Crippen molar-refractivity contribution in [3.8, 4) is 17.2 Å². The number of amides is 1. The third-order valence-electron chi connectivity index (χ3n) is 4.10. The quantitative estimate of drug-likeness (QED) is 0.636. The van der Waals surface area contributed by atoms with Crippen LogP contribution in [-0.2, 0) is 9.53 Å². The number of phenolic OH excluding ortho intramolecular Hbond substituents is 1. The molecule has 0 aliphatic carbocycles. The zero-order valence-electron chi connectivity index (χ0n) is 15.4. The molecule has 1 amide bonds. The highest BCUT2D eigenvalue weighted by Gasteiger charge is 2.16. The van der Waals surface area contributed by atoms with Gasteiger partial charge < -0.3 is 24.6 Å². The van der Waals surface area contributed by atoms with Crippen molar-refractivity contribution in [2.75, 3.05) is 26.1 Å². The van der Waals surface area contributed by atoms with Crippen LogP contribution in [0.25, 0.3) is 10.8 Å². The molecule has 0 saturated heterocycles. The number of fused-ring (bicyclic) bond motifs is 1. The van der Waals surface area contributed by atoms with Crippen LogP contribution >= 0.6 is 0 Å². The number of anilines is 1. The molecule has 3 aromatic rings. The Morgan fingerprint density at radius 3 is 2.36 bits per heavy atom. The Hall–Kier alpha value is -3.74. The fourth-order valence-electron chi connectivity index (χ4n) is 2.70. The molecule has 28 heavy (non-hydrogen) atoms. The van der Waals surface area contributed by atoms with Gasteiger partial charge in [0.2, 0.25) is 0 Å². The summed E-state index contributed by atoms with van der Waals surface area (Å²) in [6, 6.07) is 15.2. The molecule has 0 fully saturated rings. The monoisotopic (exact) mass is 381 g/mol. The number of rotatable bonds is 6. The third kappa shape index (κ3) is 4.15. The van der Waals surface area contributed by atoms with E-state index in [1.807, 2.05) is 24.3 Å². The first-order valence-corrected chi connectivity index (χ1v) is 8.42. The summed E-state index contributed by atoms with van der Waals surface area (Å²) in [5, 5.41) is 14.2. The van der Waals surface area contributed by atoms with Gasteiger partial charge in [-0.15, -0.1) is 0 Å². The van der Waals surface area contributed by atoms with Gasteiger partial charge >= 0.3 is 5.97 Å². The maximum absolute atomic E-state index is 12.3. The molecule has 144 valence electrons. The van der Waals surface area contributed by atoms with E-state index >= 15 is 0 Å². The van der Waals surface area contributed by atoms with E-state index in [1.54, 1.807) is 18.2 Å². The van der Waals surface area contributed by atoms with Crippen LogP contribution in [-0.4, -0.2) is 37.8 Å². The van der Waals surface area contributed by atoms with Crippen molar-refractivity contribution < 1.29 is 28.9 Å². The lowest BCUT2D eigenvalue weighted by Crippen LogP contribution is -2.21. The second-order valence-corrected chi connectivity index (χ2v) is 5.91. The Bertz CT molecular complexity index is 1030. The zero-order chi connectivity index (χ0) is 20.1. The predicted octanol–water partition coefficient (Wildman–Crippen LogP) is 3.36. The lowest BCUT2D eigenvalue weighted by Gasteiger charge is -2.12. The van der Waals surface area contributed by atoms with E-state index in [4.69, 9.17) is 14.2 Å². The number of benzene rings is 3. The van der Waals surface area contributed by atoms with E-state index in [9.17, 15) is 14.7 Å². The minimum atomic E-state index is -0.795. The Morgan fingerprint density at radius 1 is 0.964 bits per heavy atom. The Balaban J connectivity index is 1.68. The van der Waals surface area contributed by atoms with Gasteiger partial charge in [-0.25, -0.2) is 4.79 Å². The maximum atomic E-state index is 12.3. The lowest BCUT2D eigenvalue weighted by molar-refractivity contribution is -0.119. The van der Waals surface area contributed by atoms with Crippen LogP contribution in [0.15, 0.2) is 54.6 Å². The molecule has 2 N–H and O–H groups in total. The predicted molar refractivity (Wildman–Crippen MR) is 104 cm³/mol. The Labute approximate surface area is 161 Å². The number of methoxy groups -OCH3 is 2. The number of ether oxygens (including phenoxy) is 3. The molecule has 7 nitrogen and oxygen atoms in total. The zero-order valence-corrected chi connectivity index (χ0v) is 15.4. The van der Waals surface area contributed by atoms with Crippen LogP contribution in [0, 0.1) is 0 Å². The summed E-state index contributed by atoms with van der Waals surface area (Å²) in [5.41, 5.74) is 0.377. The number of carbonyl (C=O) groups is 2. The minimum Gasteiger partial charge on any atom is -0.507 e. The molecule has 3 aromatic carbocycles. The summed E-state index contributed by atoms with van der Waals surface area (Å²) >= 11 is 0. The fourth-order valence-corrected chi connectivity index (χ4v) is 2.70. The summed E-state index contributed by atoms with van der Waals surface area (Å²) in [7, 11) is 2.98. The lowest BCUT2D eigenvalue weighted by atomic mass is 10.1. The summed E-state index contributed by atoms with van der Waals surface area (Å²) < 4.78 is 15.3. The van der Waals surface area contributed by atoms with E-state index in [0.717, 1.165) is 10.8 Å². The van der Waals surface area contributed by atoms with Crippen molar-refractivity contribution in [2.24, 2.45) is 0 Å². The smallest absolute Gasteiger partial charge is 0.342 e. The van der Waals surface area contributed by atoms with E-state index in [2.05, 4.69) is 5.32 Å². The van der Waals surface area contributed by atoms with Crippen LogP contribution in [0.4, 0.5) is 5.69 Å². The van der Waals surface area contributed by atoms with Crippen molar-refractivity contribution in [3.63, 3.8) is 0 Å². The Kier molecular flexibility index (Phi) is 5.64. The largest absolute Gasteiger partial charge is 0.507 e. The molecule has 3 rings (SSSR count). The van der Waals surface area contributed by atoms with Gasteiger partial charge in [0.05, 0.1) is 19.9 Å². The molecule has 0 unspecified atom stereocenters. The molecule has 0 aliphatic rings. The van der Waals surface area contributed by atoms with Crippen LogP contribution in [0.1, 0.15) is 10.4 Å². The summed E-state index contributed by atoms with van der Waals surface area (Å²) in [6.45, 7) is -0.522. The van der Waals surface area contributed by atoms with Gasteiger partial charge in [-0.2, -0.15) is 0 Å². The SMILES string of the molecule is COc1ccc(OC)c(NC(=O)COC(=O)c2cc3ccccc3cc2O)c1. The van der Waals surface area contributed by atoms with Gasteiger partial charge in [-0.3, -0.25) is 4.79 Å². The van der Waals surface area contributed by atoms with Gasteiger partial charge in [0.1, 0.15) is 22.8 Å². The molecular formula is C21H19NO6. The van der Waals surface area contributed by atoms with Gasteiger partial charge in [0, 0.05) is 6.07 Å². The average Bonchev–Trinajstić information content (AvgIpc) is 2.71. The highest BCUT2D eigenvalue weighted by molar-refractivity contribution is 6.00. The molecule has 0 aliphatic heterocycles. The number of esters is 1. The molecule has 0 saturated carbocycles. The molecule has 0 atom stereocenters. The van der Waals surface area contributed by atoms with Gasteiger partial charge in [0.25, 0.3) is 5.91 Å². The molecule has 0 radical (unpaired) electrons. The van der Waals surface area contributed by atoms with Gasteiger partial charge in [0.15, 0.2) is 6.61 Å². The first-order valence-electron chi connectivity index (χ1n) is 8.42. The average molecular weight is 381 g/mol. The molecule has 0 bridgehead atoms. The van der Waals surface area contributed by atoms with E-state index in [0.29, 0.717) is 17.2 Å². The van der Waals surface area contributed by atoms with Crippen LogP contribution in [0.3, 0.4) is 0 Å². The topological polar surface area (TPSA) is 94.1 Å². The molecular weight excluding hydrogens is 362 g/mol. The van der Waals surface area contributed by atoms with Crippen molar-refractivity contribution >= 4 is 28.3 Å². The second-order valence-electron chi connectivity index (χ2n) is 5.91. The summed E-state index contributed by atoms with van der Waals surface area (Å²) in [6.07, 6.45) is 0. The molecule has 0 aromatic heterocycles. The summed E-state index contributed by atoms with van der Waals surface area (Å²) in [5.74, 6) is -0.586. The van der Waals surface area contributed by atoms with Crippen LogP contribution in [0.5, 0.6) is 17.2 Å². The first-order chi connectivity index (χ1) is 13.5. The van der Waals surface area contributed by atoms with Crippen molar-refractivity contribution in [2.45, 2.75) is 0 Å². The second kappa shape index (κ2) is 8.30. The summed E-state index contributed by atoms with van der Waals surface area (Å²) in [4.78, 5) is 24.4. The van der Waals surface area contributed by atoms with E-state index in [-0.39, 0.29) is 11.3 Å². The third-order valence-corrected chi connectivity index (χ3v) is 4.10. The van der Waals surface area contributed by atoms with E-state index < -0.39 is 18.5 Å². The number of carbonyl (C=O) groups excluding carboxylic acids is 2. The molecule has 7 heteroatoms. The fraction of sp³-hybridized carbons (Fsp3) is 0.143. The van der Waals surface area contributed by atoms with Gasteiger partial charge in [-0.05, 0) is 35.0 Å². The Morgan fingerprint density at radius 2 is 1.68 bits per heavy atom. The highest BCUT2D eigenvalue weighted by Crippen LogP contribution is 2.29. The number of hydrogen-bond donors (Lipinski definition) is 2. The standard InChI is InChI=1S/C21H19NO6/c1-26-15-7-8-19(27-2)17(11-15)22-20(24)12-28-21(25)16-9-13-5-3-4-6-14(13)10-18(16)23/h3-11,23H,12H2,1-2H3,(H,22,24). The van der Waals surface area contributed by atoms with Crippen LogP contribution in [0.2, 0.25) is 0 Å².